The topological polar surface area (TPSA) is 117 Å². The molecule has 0 spiro atoms. The van der Waals surface area contributed by atoms with Gasteiger partial charge in [-0.05, 0) is 52.4 Å². The van der Waals surface area contributed by atoms with Crippen LogP contribution in [0.4, 0.5) is 5.69 Å². The Morgan fingerprint density at radius 3 is 2.71 bits per heavy atom. The van der Waals surface area contributed by atoms with Crippen LogP contribution in [0.15, 0.2) is 41.0 Å². The summed E-state index contributed by atoms with van der Waals surface area (Å²) in [6, 6.07) is 7.03. The van der Waals surface area contributed by atoms with Gasteiger partial charge in [-0.15, -0.1) is 0 Å². The van der Waals surface area contributed by atoms with Crippen LogP contribution in [-0.2, 0) is 14.3 Å². The number of ether oxygens (including phenoxy) is 3. The van der Waals surface area contributed by atoms with Gasteiger partial charge >= 0.3 is 11.9 Å². The SMILES string of the molecule is CCC(=O)Oc1c(I)cc(/C=C2\N=C(c3ccc([N+](=O)[O-])cc3Cl)OC2=O)cc1OC. The van der Waals surface area contributed by atoms with E-state index in [4.69, 9.17) is 25.8 Å². The van der Waals surface area contributed by atoms with Gasteiger partial charge in [-0.2, -0.15) is 0 Å². The highest BCUT2D eigenvalue weighted by Gasteiger charge is 2.27. The Labute approximate surface area is 194 Å². The largest absolute Gasteiger partial charge is 0.493 e. The molecule has 0 aromatic heterocycles. The van der Waals surface area contributed by atoms with Gasteiger partial charge in [-0.25, -0.2) is 9.79 Å². The van der Waals surface area contributed by atoms with E-state index in [0.29, 0.717) is 14.9 Å². The molecule has 1 heterocycles. The van der Waals surface area contributed by atoms with Gasteiger partial charge in [0.25, 0.3) is 5.69 Å². The molecule has 31 heavy (non-hydrogen) atoms. The highest BCUT2D eigenvalue weighted by molar-refractivity contribution is 14.1. The Balaban J connectivity index is 1.96. The number of halogens is 2. The van der Waals surface area contributed by atoms with Crippen LogP contribution in [0.1, 0.15) is 24.5 Å². The van der Waals surface area contributed by atoms with E-state index < -0.39 is 16.9 Å². The van der Waals surface area contributed by atoms with Gasteiger partial charge in [0, 0.05) is 18.6 Å². The minimum atomic E-state index is -0.708. The van der Waals surface area contributed by atoms with Crippen LogP contribution in [0.25, 0.3) is 6.08 Å². The summed E-state index contributed by atoms with van der Waals surface area (Å²) in [5.41, 5.74) is 0.614. The molecular formula is C20H14ClIN2O7. The second-order valence-corrected chi connectivity index (χ2v) is 7.69. The van der Waals surface area contributed by atoms with Crippen molar-refractivity contribution < 1.29 is 28.7 Å². The number of cyclic esters (lactones) is 1. The third kappa shape index (κ3) is 5.02. The molecule has 0 radical (unpaired) electrons. The third-order valence-electron chi connectivity index (χ3n) is 4.07. The van der Waals surface area contributed by atoms with Gasteiger partial charge in [0.05, 0.1) is 26.2 Å². The number of methoxy groups -OCH3 is 1. The maximum Gasteiger partial charge on any atom is 0.363 e. The summed E-state index contributed by atoms with van der Waals surface area (Å²) in [4.78, 5) is 38.4. The summed E-state index contributed by atoms with van der Waals surface area (Å²) < 4.78 is 16.4. The van der Waals surface area contributed by atoms with Crippen LogP contribution in [-0.4, -0.2) is 29.9 Å². The molecule has 160 valence electrons. The van der Waals surface area contributed by atoms with Crippen molar-refractivity contribution >= 4 is 63.8 Å². The Hall–Kier alpha value is -2.99. The van der Waals surface area contributed by atoms with Crippen molar-refractivity contribution in [2.45, 2.75) is 13.3 Å². The fraction of sp³-hybridized carbons (Fsp3) is 0.150. The summed E-state index contributed by atoms with van der Waals surface area (Å²) in [6.45, 7) is 1.68. The zero-order chi connectivity index (χ0) is 22.7. The first-order valence-electron chi connectivity index (χ1n) is 8.78. The average Bonchev–Trinajstić information content (AvgIpc) is 3.09. The number of nitro benzene ring substituents is 1. The van der Waals surface area contributed by atoms with E-state index in [1.54, 1.807) is 19.1 Å². The Kier molecular flexibility index (Phi) is 6.91. The maximum atomic E-state index is 12.3. The molecule has 0 bridgehead atoms. The minimum Gasteiger partial charge on any atom is -0.493 e. The number of rotatable bonds is 6. The number of hydrogen-bond donors (Lipinski definition) is 0. The van der Waals surface area contributed by atoms with Gasteiger partial charge in [0.2, 0.25) is 5.90 Å². The predicted octanol–water partition coefficient (Wildman–Crippen LogP) is 4.52. The van der Waals surface area contributed by atoms with Crippen LogP contribution in [0.5, 0.6) is 11.5 Å². The summed E-state index contributed by atoms with van der Waals surface area (Å²) >= 11 is 8.08. The molecule has 2 aromatic carbocycles. The van der Waals surface area contributed by atoms with Gasteiger partial charge < -0.3 is 14.2 Å². The zero-order valence-corrected chi connectivity index (χ0v) is 19.1. The third-order valence-corrected chi connectivity index (χ3v) is 5.19. The first-order valence-corrected chi connectivity index (χ1v) is 10.2. The molecule has 11 heteroatoms. The molecule has 0 fully saturated rings. The van der Waals surface area contributed by atoms with Crippen LogP contribution in [0.2, 0.25) is 5.02 Å². The maximum absolute atomic E-state index is 12.3. The summed E-state index contributed by atoms with van der Waals surface area (Å²) in [6.07, 6.45) is 1.68. The highest BCUT2D eigenvalue weighted by Crippen LogP contribution is 2.35. The summed E-state index contributed by atoms with van der Waals surface area (Å²) in [7, 11) is 1.43. The van der Waals surface area contributed by atoms with Crippen LogP contribution >= 0.6 is 34.2 Å². The molecule has 1 aliphatic rings. The number of carbonyl (C=O) groups excluding carboxylic acids is 2. The normalized spacial score (nSPS) is 14.3. The Morgan fingerprint density at radius 2 is 2.10 bits per heavy atom. The van der Waals surface area contributed by atoms with Gasteiger partial charge in [-0.3, -0.25) is 14.9 Å². The van der Waals surface area contributed by atoms with Crippen molar-refractivity contribution in [2.75, 3.05) is 7.11 Å². The molecule has 0 N–H and O–H groups in total. The van der Waals surface area contributed by atoms with Crippen LogP contribution in [0, 0.1) is 13.7 Å². The lowest BCUT2D eigenvalue weighted by molar-refractivity contribution is -0.384. The molecule has 0 saturated heterocycles. The lowest BCUT2D eigenvalue weighted by Crippen LogP contribution is -2.08. The first-order chi connectivity index (χ1) is 14.7. The van der Waals surface area contributed by atoms with E-state index in [1.165, 1.54) is 25.3 Å². The van der Waals surface area contributed by atoms with E-state index in [1.807, 2.05) is 22.6 Å². The molecule has 0 atom stereocenters. The molecule has 0 aliphatic carbocycles. The quantitative estimate of drug-likeness (QED) is 0.128. The number of carbonyl (C=O) groups is 2. The van der Waals surface area contributed by atoms with Crippen molar-refractivity contribution in [1.29, 1.82) is 0 Å². The fourth-order valence-electron chi connectivity index (χ4n) is 2.58. The minimum absolute atomic E-state index is 0.000533. The van der Waals surface area contributed by atoms with Crippen molar-refractivity contribution in [2.24, 2.45) is 4.99 Å². The molecule has 0 unspecified atom stereocenters. The molecule has 0 saturated carbocycles. The molecular weight excluding hydrogens is 543 g/mol. The highest BCUT2D eigenvalue weighted by atomic mass is 127. The molecule has 0 amide bonds. The van der Waals surface area contributed by atoms with Crippen LogP contribution < -0.4 is 9.47 Å². The lowest BCUT2D eigenvalue weighted by Gasteiger charge is -2.11. The monoisotopic (exact) mass is 556 g/mol. The van der Waals surface area contributed by atoms with E-state index in [2.05, 4.69) is 4.99 Å². The van der Waals surface area contributed by atoms with Gasteiger partial charge in [0.1, 0.15) is 0 Å². The number of hydrogen-bond acceptors (Lipinski definition) is 8. The Bertz CT molecular complexity index is 1160. The fourth-order valence-corrected chi connectivity index (χ4v) is 3.57. The van der Waals surface area contributed by atoms with E-state index in [-0.39, 0.29) is 40.0 Å². The average molecular weight is 557 g/mol. The number of nitrogens with zero attached hydrogens (tertiary/aromatic N) is 2. The predicted molar refractivity (Wildman–Crippen MR) is 120 cm³/mol. The molecule has 1 aliphatic heterocycles. The van der Waals surface area contributed by atoms with Crippen molar-refractivity contribution in [3.8, 4) is 11.5 Å². The van der Waals surface area contributed by atoms with E-state index in [0.717, 1.165) is 6.07 Å². The van der Waals surface area contributed by atoms with Gasteiger partial charge in [0.15, 0.2) is 17.2 Å². The van der Waals surface area contributed by atoms with Crippen molar-refractivity contribution in [1.82, 2.24) is 0 Å². The number of aliphatic imine (C=N–C) groups is 1. The number of non-ortho nitro benzene ring substituents is 1. The number of esters is 2. The van der Waals surface area contributed by atoms with Crippen molar-refractivity contribution in [3.63, 3.8) is 0 Å². The smallest absolute Gasteiger partial charge is 0.363 e. The van der Waals surface area contributed by atoms with E-state index >= 15 is 0 Å². The zero-order valence-electron chi connectivity index (χ0n) is 16.2. The summed E-state index contributed by atoms with van der Waals surface area (Å²) in [5.74, 6) is -0.579. The second kappa shape index (κ2) is 9.43. The second-order valence-electron chi connectivity index (χ2n) is 6.12. The van der Waals surface area contributed by atoms with Crippen molar-refractivity contribution in [3.05, 3.63) is 65.9 Å². The molecule has 3 rings (SSSR count). The molecule has 9 nitrogen and oxygen atoms in total. The number of nitro groups is 1. The lowest BCUT2D eigenvalue weighted by atomic mass is 10.1. The first kappa shape index (κ1) is 22.7. The van der Waals surface area contributed by atoms with Crippen LogP contribution in [0.3, 0.4) is 0 Å². The Morgan fingerprint density at radius 1 is 1.35 bits per heavy atom. The van der Waals surface area contributed by atoms with Gasteiger partial charge in [-0.1, -0.05) is 18.5 Å². The summed E-state index contributed by atoms with van der Waals surface area (Å²) in [5, 5.41) is 10.9. The molecule has 2 aromatic rings. The standard InChI is InChI=1S/C20H14ClIN2O7/c1-3-17(25)30-18-14(22)6-10(8-16(18)29-2)7-15-20(26)31-19(23-15)12-5-4-11(24(27)28)9-13(12)21/h4-9H,3H2,1-2H3/b15-7-. The number of benzene rings is 2. The van der Waals surface area contributed by atoms with E-state index in [9.17, 15) is 19.7 Å².